The van der Waals surface area contributed by atoms with Gasteiger partial charge in [-0.3, -0.25) is 4.72 Å². The zero-order valence-electron chi connectivity index (χ0n) is 10.5. The van der Waals surface area contributed by atoms with Crippen molar-refractivity contribution in [2.75, 3.05) is 17.1 Å². The topological polar surface area (TPSA) is 92.7 Å². The summed E-state index contributed by atoms with van der Waals surface area (Å²) >= 11 is 0. The van der Waals surface area contributed by atoms with E-state index in [0.717, 1.165) is 12.5 Å². The van der Waals surface area contributed by atoms with Crippen molar-refractivity contribution < 1.29 is 27.4 Å². The minimum Gasteiger partial charge on any atom is -0.478 e. The van der Waals surface area contributed by atoms with Crippen molar-refractivity contribution in [2.45, 2.75) is 18.9 Å². The molecule has 20 heavy (non-hydrogen) atoms. The van der Waals surface area contributed by atoms with Gasteiger partial charge in [0.2, 0.25) is 10.0 Å². The van der Waals surface area contributed by atoms with Gasteiger partial charge in [-0.25, -0.2) is 17.6 Å². The van der Waals surface area contributed by atoms with Gasteiger partial charge in [0, 0.05) is 6.61 Å². The van der Waals surface area contributed by atoms with Crippen LogP contribution in [0, 0.1) is 5.82 Å². The number of aromatic carboxylic acids is 1. The Kier molecular flexibility index (Phi) is 4.24. The van der Waals surface area contributed by atoms with Crippen LogP contribution in [-0.2, 0) is 14.8 Å². The van der Waals surface area contributed by atoms with Crippen molar-refractivity contribution in [3.63, 3.8) is 0 Å². The minimum atomic E-state index is -3.80. The molecular weight excluding hydrogens is 289 g/mol. The van der Waals surface area contributed by atoms with Gasteiger partial charge in [-0.05, 0) is 25.0 Å². The van der Waals surface area contributed by atoms with Gasteiger partial charge in [0.05, 0.1) is 17.5 Å². The number of rotatable bonds is 5. The second kappa shape index (κ2) is 5.76. The predicted octanol–water partition coefficient (Wildman–Crippen LogP) is 1.44. The van der Waals surface area contributed by atoms with E-state index in [-0.39, 0.29) is 11.4 Å². The smallest absolute Gasteiger partial charge is 0.340 e. The quantitative estimate of drug-likeness (QED) is 0.858. The zero-order chi connectivity index (χ0) is 14.8. The molecule has 1 aromatic carbocycles. The molecule has 1 aliphatic heterocycles. The van der Waals surface area contributed by atoms with Crippen LogP contribution in [0.15, 0.2) is 18.2 Å². The second-order valence-electron chi connectivity index (χ2n) is 4.49. The number of hydrogen-bond acceptors (Lipinski definition) is 4. The molecule has 8 heteroatoms. The molecule has 1 aliphatic rings. The van der Waals surface area contributed by atoms with E-state index in [0.29, 0.717) is 13.0 Å². The van der Waals surface area contributed by atoms with Crippen LogP contribution in [0.5, 0.6) is 0 Å². The van der Waals surface area contributed by atoms with Crippen LogP contribution in [-0.4, -0.2) is 38.0 Å². The van der Waals surface area contributed by atoms with Crippen LogP contribution in [0.25, 0.3) is 0 Å². The number of carboxylic acids is 1. The Hall–Kier alpha value is -1.67. The summed E-state index contributed by atoms with van der Waals surface area (Å²) in [5, 5.41) is 8.93. The lowest BCUT2D eigenvalue weighted by molar-refractivity contribution is 0.0693. The summed E-state index contributed by atoms with van der Waals surface area (Å²) in [6, 6.07) is 3.41. The summed E-state index contributed by atoms with van der Waals surface area (Å²) in [6.45, 7) is 0.514. The molecule has 0 saturated carbocycles. The molecule has 0 aromatic heterocycles. The van der Waals surface area contributed by atoms with E-state index in [1.54, 1.807) is 0 Å². The number of ether oxygens (including phenoxy) is 1. The van der Waals surface area contributed by atoms with Crippen LogP contribution in [0.3, 0.4) is 0 Å². The summed E-state index contributed by atoms with van der Waals surface area (Å²) in [5.41, 5.74) is -0.973. The largest absolute Gasteiger partial charge is 0.478 e. The van der Waals surface area contributed by atoms with Gasteiger partial charge in [-0.2, -0.15) is 0 Å². The van der Waals surface area contributed by atoms with Crippen molar-refractivity contribution >= 4 is 21.7 Å². The third kappa shape index (κ3) is 3.45. The van der Waals surface area contributed by atoms with E-state index in [2.05, 4.69) is 4.72 Å². The number of anilines is 1. The third-order valence-electron chi connectivity index (χ3n) is 2.92. The molecule has 1 heterocycles. The van der Waals surface area contributed by atoms with Crippen LogP contribution in [0.1, 0.15) is 23.2 Å². The SMILES string of the molecule is O=C(O)c1c(F)cccc1NS(=O)(=O)CC1CCCO1. The summed E-state index contributed by atoms with van der Waals surface area (Å²) in [6.07, 6.45) is 1.02. The van der Waals surface area contributed by atoms with Gasteiger partial charge < -0.3 is 9.84 Å². The summed E-state index contributed by atoms with van der Waals surface area (Å²) < 4.78 is 44.6. The van der Waals surface area contributed by atoms with Gasteiger partial charge in [-0.1, -0.05) is 6.07 Å². The Morgan fingerprint density at radius 3 is 2.85 bits per heavy atom. The van der Waals surface area contributed by atoms with Crippen LogP contribution >= 0.6 is 0 Å². The Morgan fingerprint density at radius 2 is 2.25 bits per heavy atom. The van der Waals surface area contributed by atoms with Gasteiger partial charge in [0.1, 0.15) is 11.4 Å². The summed E-state index contributed by atoms with van der Waals surface area (Å²) in [4.78, 5) is 11.0. The van der Waals surface area contributed by atoms with Crippen LogP contribution in [0.4, 0.5) is 10.1 Å². The number of hydrogen-bond donors (Lipinski definition) is 2. The molecule has 1 atom stereocenters. The normalized spacial score (nSPS) is 18.9. The van der Waals surface area contributed by atoms with E-state index in [1.807, 2.05) is 0 Å². The number of nitrogens with one attached hydrogen (secondary N) is 1. The van der Waals surface area contributed by atoms with Crippen LogP contribution in [0.2, 0.25) is 0 Å². The number of carboxylic acid groups (broad SMARTS) is 1. The maximum Gasteiger partial charge on any atom is 0.340 e. The molecule has 0 bridgehead atoms. The second-order valence-corrected chi connectivity index (χ2v) is 6.25. The van der Waals surface area contributed by atoms with E-state index < -0.39 is 33.5 Å². The molecule has 0 radical (unpaired) electrons. The van der Waals surface area contributed by atoms with Gasteiger partial charge in [0.25, 0.3) is 0 Å². The van der Waals surface area contributed by atoms with Crippen molar-refractivity contribution in [2.24, 2.45) is 0 Å². The Balaban J connectivity index is 2.20. The molecule has 0 aliphatic carbocycles. The number of carbonyl (C=O) groups is 1. The monoisotopic (exact) mass is 303 g/mol. The lowest BCUT2D eigenvalue weighted by atomic mass is 10.2. The molecule has 6 nitrogen and oxygen atoms in total. The molecule has 1 fully saturated rings. The van der Waals surface area contributed by atoms with E-state index in [1.165, 1.54) is 12.1 Å². The molecule has 1 saturated heterocycles. The van der Waals surface area contributed by atoms with E-state index in [4.69, 9.17) is 9.84 Å². The fraction of sp³-hybridized carbons (Fsp3) is 0.417. The molecule has 2 N–H and O–H groups in total. The first kappa shape index (κ1) is 14.7. The van der Waals surface area contributed by atoms with Crippen LogP contribution < -0.4 is 4.72 Å². The van der Waals surface area contributed by atoms with Crippen molar-refractivity contribution in [1.29, 1.82) is 0 Å². The molecule has 0 spiro atoms. The fourth-order valence-corrected chi connectivity index (χ4v) is 3.40. The van der Waals surface area contributed by atoms with Gasteiger partial charge in [0.15, 0.2) is 0 Å². The van der Waals surface area contributed by atoms with Crippen molar-refractivity contribution in [1.82, 2.24) is 0 Å². The van der Waals surface area contributed by atoms with Crippen molar-refractivity contribution in [3.8, 4) is 0 Å². The fourth-order valence-electron chi connectivity index (χ4n) is 2.06. The highest BCUT2D eigenvalue weighted by Gasteiger charge is 2.25. The molecule has 0 amide bonds. The minimum absolute atomic E-state index is 0.275. The number of sulfonamides is 1. The number of benzene rings is 1. The predicted molar refractivity (Wildman–Crippen MR) is 69.7 cm³/mol. The lowest BCUT2D eigenvalue weighted by Crippen LogP contribution is -2.26. The Bertz CT molecular complexity index is 610. The Labute approximate surface area is 115 Å². The van der Waals surface area contributed by atoms with Gasteiger partial charge in [-0.15, -0.1) is 0 Å². The maximum atomic E-state index is 13.4. The van der Waals surface area contributed by atoms with Crippen molar-refractivity contribution in [3.05, 3.63) is 29.6 Å². The average molecular weight is 303 g/mol. The molecule has 2 rings (SSSR count). The lowest BCUT2D eigenvalue weighted by Gasteiger charge is -2.13. The molecule has 1 aromatic rings. The maximum absolute atomic E-state index is 13.4. The molecule has 110 valence electrons. The number of halogens is 1. The standard InChI is InChI=1S/C12H14FNO5S/c13-9-4-1-5-10(11(9)12(15)16)14-20(17,18)7-8-3-2-6-19-8/h1,4-5,8,14H,2-3,6-7H2,(H,15,16). The van der Waals surface area contributed by atoms with Gasteiger partial charge >= 0.3 is 5.97 Å². The first-order valence-corrected chi connectivity index (χ1v) is 7.68. The summed E-state index contributed by atoms with van der Waals surface area (Å²) in [5.74, 6) is -2.80. The zero-order valence-corrected chi connectivity index (χ0v) is 11.3. The first-order valence-electron chi connectivity index (χ1n) is 6.03. The highest BCUT2D eigenvalue weighted by atomic mass is 32.2. The highest BCUT2D eigenvalue weighted by molar-refractivity contribution is 7.92. The van der Waals surface area contributed by atoms with E-state index in [9.17, 15) is 17.6 Å². The Morgan fingerprint density at radius 1 is 1.50 bits per heavy atom. The average Bonchev–Trinajstić information content (AvgIpc) is 2.79. The highest BCUT2D eigenvalue weighted by Crippen LogP contribution is 2.21. The third-order valence-corrected chi connectivity index (χ3v) is 4.26. The first-order chi connectivity index (χ1) is 9.39. The summed E-state index contributed by atoms with van der Waals surface area (Å²) in [7, 11) is -3.80. The van der Waals surface area contributed by atoms with E-state index >= 15 is 0 Å². The molecule has 1 unspecified atom stereocenters. The molecular formula is C12H14FNO5S.